The van der Waals surface area contributed by atoms with Crippen molar-refractivity contribution in [2.45, 2.75) is 57.4 Å². The molecule has 2 aromatic rings. The van der Waals surface area contributed by atoms with Crippen molar-refractivity contribution in [1.82, 2.24) is 10.6 Å². The van der Waals surface area contributed by atoms with E-state index in [-0.39, 0.29) is 42.7 Å². The predicted octanol–water partition coefficient (Wildman–Crippen LogP) is 4.70. The SMILES string of the molecule is CCC(CCC(=O)NC[C@@H]1CCC[C@@H]1C(=O)O)NC(=O)OCC1c2ccccc2-c2ccccc21. The number of alkyl carbamates (subject to hydrolysis) is 1. The molecule has 0 radical (unpaired) electrons. The fourth-order valence-electron chi connectivity index (χ4n) is 5.43. The molecule has 0 spiro atoms. The second kappa shape index (κ2) is 11.4. The second-order valence-corrected chi connectivity index (χ2v) is 9.55. The van der Waals surface area contributed by atoms with Crippen LogP contribution in [0.1, 0.15) is 62.5 Å². The molecule has 186 valence electrons. The van der Waals surface area contributed by atoms with E-state index in [4.69, 9.17) is 4.74 Å². The number of hydrogen-bond donors (Lipinski definition) is 3. The number of aliphatic carboxylic acids is 1. The number of fused-ring (bicyclic) bond motifs is 3. The maximum absolute atomic E-state index is 12.5. The molecule has 4 rings (SSSR count). The Morgan fingerprint density at radius 3 is 2.31 bits per heavy atom. The van der Waals surface area contributed by atoms with Gasteiger partial charge >= 0.3 is 12.1 Å². The maximum Gasteiger partial charge on any atom is 0.407 e. The molecule has 1 unspecified atom stereocenters. The minimum atomic E-state index is -0.778. The summed E-state index contributed by atoms with van der Waals surface area (Å²) in [5.74, 6) is -1.26. The van der Waals surface area contributed by atoms with E-state index < -0.39 is 12.1 Å². The first-order chi connectivity index (χ1) is 17.0. The number of nitrogens with one attached hydrogen (secondary N) is 2. The van der Waals surface area contributed by atoms with Gasteiger partial charge in [-0.15, -0.1) is 0 Å². The van der Waals surface area contributed by atoms with Gasteiger partial charge in [0.2, 0.25) is 5.91 Å². The first-order valence-electron chi connectivity index (χ1n) is 12.6. The van der Waals surface area contributed by atoms with Crippen LogP contribution in [0.25, 0.3) is 11.1 Å². The molecule has 0 saturated heterocycles. The molecule has 2 aliphatic rings. The second-order valence-electron chi connectivity index (χ2n) is 9.55. The lowest BCUT2D eigenvalue weighted by molar-refractivity contribution is -0.143. The Labute approximate surface area is 206 Å². The third-order valence-electron chi connectivity index (χ3n) is 7.42. The predicted molar refractivity (Wildman–Crippen MR) is 133 cm³/mol. The van der Waals surface area contributed by atoms with Gasteiger partial charge in [0.25, 0.3) is 0 Å². The lowest BCUT2D eigenvalue weighted by Gasteiger charge is -2.19. The molecule has 35 heavy (non-hydrogen) atoms. The average molecular weight is 479 g/mol. The first-order valence-corrected chi connectivity index (χ1v) is 12.6. The fraction of sp³-hybridized carbons (Fsp3) is 0.464. The summed E-state index contributed by atoms with van der Waals surface area (Å²) < 4.78 is 5.62. The van der Waals surface area contributed by atoms with Crippen LogP contribution in [0.2, 0.25) is 0 Å². The van der Waals surface area contributed by atoms with Gasteiger partial charge in [0.15, 0.2) is 0 Å². The zero-order chi connectivity index (χ0) is 24.8. The minimum Gasteiger partial charge on any atom is -0.481 e. The number of amides is 2. The summed E-state index contributed by atoms with van der Waals surface area (Å²) >= 11 is 0. The molecule has 2 amide bonds. The largest absolute Gasteiger partial charge is 0.481 e. The van der Waals surface area contributed by atoms with E-state index in [1.165, 1.54) is 11.1 Å². The Kier molecular flexibility index (Phi) is 8.06. The van der Waals surface area contributed by atoms with E-state index in [2.05, 4.69) is 34.9 Å². The summed E-state index contributed by atoms with van der Waals surface area (Å²) in [4.78, 5) is 36.2. The minimum absolute atomic E-state index is 0.00243. The van der Waals surface area contributed by atoms with Crippen molar-refractivity contribution < 1.29 is 24.2 Å². The first kappa shape index (κ1) is 24.8. The van der Waals surface area contributed by atoms with Crippen LogP contribution in [0.15, 0.2) is 48.5 Å². The molecule has 3 atom stereocenters. The molecule has 0 aromatic heterocycles. The molecule has 0 heterocycles. The molecule has 2 aliphatic carbocycles. The van der Waals surface area contributed by atoms with Crippen LogP contribution in [0.3, 0.4) is 0 Å². The van der Waals surface area contributed by atoms with Gasteiger partial charge in [-0.2, -0.15) is 0 Å². The Hall–Kier alpha value is -3.35. The molecule has 0 bridgehead atoms. The van der Waals surface area contributed by atoms with Gasteiger partial charge in [-0.25, -0.2) is 4.79 Å². The molecule has 7 nitrogen and oxygen atoms in total. The zero-order valence-corrected chi connectivity index (χ0v) is 20.2. The summed E-state index contributed by atoms with van der Waals surface area (Å²) in [6.45, 7) is 2.61. The van der Waals surface area contributed by atoms with Gasteiger partial charge in [-0.3, -0.25) is 9.59 Å². The molecule has 1 fully saturated rings. The lowest BCUT2D eigenvalue weighted by Crippen LogP contribution is -2.37. The molecular weight excluding hydrogens is 444 g/mol. The molecular formula is C28H34N2O5. The van der Waals surface area contributed by atoms with E-state index in [1.807, 2.05) is 31.2 Å². The fourth-order valence-corrected chi connectivity index (χ4v) is 5.43. The van der Waals surface area contributed by atoms with Crippen molar-refractivity contribution in [3.05, 3.63) is 59.7 Å². The van der Waals surface area contributed by atoms with E-state index in [0.717, 1.165) is 24.0 Å². The van der Waals surface area contributed by atoms with Crippen molar-refractivity contribution in [3.63, 3.8) is 0 Å². The highest BCUT2D eigenvalue weighted by Gasteiger charge is 2.33. The summed E-state index contributed by atoms with van der Waals surface area (Å²) in [6, 6.07) is 16.2. The van der Waals surface area contributed by atoms with Crippen LogP contribution in [-0.2, 0) is 14.3 Å². The summed E-state index contributed by atoms with van der Waals surface area (Å²) in [5.41, 5.74) is 4.69. The highest BCUT2D eigenvalue weighted by atomic mass is 16.5. The van der Waals surface area contributed by atoms with E-state index in [9.17, 15) is 19.5 Å². The van der Waals surface area contributed by atoms with Crippen LogP contribution in [0.5, 0.6) is 0 Å². The van der Waals surface area contributed by atoms with Gasteiger partial charge in [0, 0.05) is 24.9 Å². The van der Waals surface area contributed by atoms with E-state index >= 15 is 0 Å². The Bertz CT molecular complexity index is 1020. The number of carboxylic acid groups (broad SMARTS) is 1. The number of benzene rings is 2. The van der Waals surface area contributed by atoms with Crippen LogP contribution in [-0.4, -0.2) is 42.3 Å². The van der Waals surface area contributed by atoms with Gasteiger partial charge < -0.3 is 20.5 Å². The average Bonchev–Trinajstić information content (AvgIpc) is 3.47. The lowest BCUT2D eigenvalue weighted by atomic mass is 9.96. The smallest absolute Gasteiger partial charge is 0.407 e. The molecule has 2 aromatic carbocycles. The standard InChI is InChI=1S/C28H34N2O5/c1-2-19(14-15-26(31)29-16-18-8-7-13-20(18)27(32)33)30-28(34)35-17-25-23-11-5-3-9-21(23)22-10-4-6-12-24(22)25/h3-6,9-12,18-20,25H,2,7-8,13-17H2,1H3,(H,29,31)(H,30,34)(H,32,33)/t18-,19?,20-/m0/s1. The van der Waals surface area contributed by atoms with Crippen molar-refractivity contribution >= 4 is 18.0 Å². The van der Waals surface area contributed by atoms with Gasteiger partial charge in [0.1, 0.15) is 6.61 Å². The Morgan fingerprint density at radius 2 is 1.69 bits per heavy atom. The van der Waals surface area contributed by atoms with Crippen LogP contribution >= 0.6 is 0 Å². The van der Waals surface area contributed by atoms with Gasteiger partial charge in [0.05, 0.1) is 5.92 Å². The third-order valence-corrected chi connectivity index (χ3v) is 7.42. The third kappa shape index (κ3) is 5.84. The normalized spacial score (nSPS) is 19.5. The topological polar surface area (TPSA) is 105 Å². The Balaban J connectivity index is 1.23. The molecule has 0 aliphatic heterocycles. The molecule has 3 N–H and O–H groups in total. The number of hydrogen-bond acceptors (Lipinski definition) is 4. The number of carboxylic acids is 1. The van der Waals surface area contributed by atoms with E-state index in [0.29, 0.717) is 25.8 Å². The molecule has 1 saturated carbocycles. The molecule has 7 heteroatoms. The van der Waals surface area contributed by atoms with Crippen LogP contribution < -0.4 is 10.6 Å². The highest BCUT2D eigenvalue weighted by molar-refractivity contribution is 5.79. The quantitative estimate of drug-likeness (QED) is 0.459. The maximum atomic E-state index is 12.5. The number of carbonyl (C=O) groups is 3. The van der Waals surface area contributed by atoms with Crippen LogP contribution in [0.4, 0.5) is 4.79 Å². The zero-order valence-electron chi connectivity index (χ0n) is 20.2. The van der Waals surface area contributed by atoms with Crippen molar-refractivity contribution in [2.75, 3.05) is 13.2 Å². The summed E-state index contributed by atoms with van der Waals surface area (Å²) in [7, 11) is 0. The summed E-state index contributed by atoms with van der Waals surface area (Å²) in [6.07, 6.45) is 3.37. The van der Waals surface area contributed by atoms with Crippen molar-refractivity contribution in [1.29, 1.82) is 0 Å². The highest BCUT2D eigenvalue weighted by Crippen LogP contribution is 2.44. The van der Waals surface area contributed by atoms with Crippen LogP contribution in [0, 0.1) is 11.8 Å². The Morgan fingerprint density at radius 1 is 1.03 bits per heavy atom. The number of rotatable bonds is 10. The number of carbonyl (C=O) groups excluding carboxylic acids is 2. The summed E-state index contributed by atoms with van der Waals surface area (Å²) in [5, 5.41) is 15.1. The number of ether oxygens (including phenoxy) is 1. The monoisotopic (exact) mass is 478 g/mol. The van der Waals surface area contributed by atoms with Crippen molar-refractivity contribution in [2.24, 2.45) is 11.8 Å². The van der Waals surface area contributed by atoms with E-state index in [1.54, 1.807) is 0 Å². The van der Waals surface area contributed by atoms with Gasteiger partial charge in [-0.05, 0) is 53.9 Å². The van der Waals surface area contributed by atoms with Gasteiger partial charge in [-0.1, -0.05) is 61.9 Å². The van der Waals surface area contributed by atoms with Crippen molar-refractivity contribution in [3.8, 4) is 11.1 Å².